The van der Waals surface area contributed by atoms with Crippen molar-refractivity contribution in [3.8, 4) is 0 Å². The molecule has 0 aromatic carbocycles. The quantitative estimate of drug-likeness (QED) is 0.556. The number of rotatable bonds is 6. The van der Waals surface area contributed by atoms with Crippen molar-refractivity contribution >= 4 is 11.9 Å². The summed E-state index contributed by atoms with van der Waals surface area (Å²) in [5.41, 5.74) is 0.0463. The summed E-state index contributed by atoms with van der Waals surface area (Å²) in [6.07, 6.45) is 0. The molecule has 0 unspecified atom stereocenters. The Hall–Kier alpha value is -1.66. The first-order valence-electron chi connectivity index (χ1n) is 7.29. The molecule has 0 fully saturated rings. The standard InChI is InChI=1S/C9H20O2.2C4H6O2/c1-7(2)9(5-10,6-11)8(3)4;2*1-3(2)4(5)6/h7-8,10-11H,5-6H2,1-4H3;2*1H2,2H3,(H,5,6). The average Bonchev–Trinajstić information content (AvgIpc) is 2.41. The van der Waals surface area contributed by atoms with Crippen LogP contribution in [0, 0.1) is 17.3 Å². The van der Waals surface area contributed by atoms with Gasteiger partial charge in [0.25, 0.3) is 0 Å². The van der Waals surface area contributed by atoms with Gasteiger partial charge in [0.05, 0.1) is 13.2 Å². The van der Waals surface area contributed by atoms with E-state index < -0.39 is 11.9 Å². The molecule has 0 aliphatic rings. The van der Waals surface area contributed by atoms with Crippen LogP contribution in [0.15, 0.2) is 24.3 Å². The summed E-state index contributed by atoms with van der Waals surface area (Å²) in [6.45, 7) is 17.5. The van der Waals surface area contributed by atoms with Crippen LogP contribution >= 0.6 is 0 Å². The third kappa shape index (κ3) is 11.5. The lowest BCUT2D eigenvalue weighted by molar-refractivity contribution is -0.133. The van der Waals surface area contributed by atoms with Gasteiger partial charge in [-0.3, -0.25) is 0 Å². The summed E-state index contributed by atoms with van der Waals surface area (Å²) in [5.74, 6) is -1.24. The molecular weight excluding hydrogens is 300 g/mol. The molecule has 0 bridgehead atoms. The predicted octanol–water partition coefficient (Wildman–Crippen LogP) is 2.56. The third-order valence-corrected chi connectivity index (χ3v) is 3.62. The van der Waals surface area contributed by atoms with Crippen molar-refractivity contribution in [2.75, 3.05) is 13.2 Å². The van der Waals surface area contributed by atoms with Crippen LogP contribution < -0.4 is 0 Å². The Morgan fingerprint density at radius 1 is 0.826 bits per heavy atom. The highest BCUT2D eigenvalue weighted by molar-refractivity contribution is 5.85. The molecule has 6 heteroatoms. The minimum atomic E-state index is -0.935. The van der Waals surface area contributed by atoms with Gasteiger partial charge in [-0.05, 0) is 25.7 Å². The van der Waals surface area contributed by atoms with E-state index in [-0.39, 0.29) is 29.8 Å². The summed E-state index contributed by atoms with van der Waals surface area (Å²) in [5, 5.41) is 34.1. The summed E-state index contributed by atoms with van der Waals surface area (Å²) < 4.78 is 0. The molecule has 0 atom stereocenters. The highest BCUT2D eigenvalue weighted by atomic mass is 16.4. The van der Waals surface area contributed by atoms with Crippen LogP contribution in [-0.4, -0.2) is 45.6 Å². The topological polar surface area (TPSA) is 115 Å². The molecule has 23 heavy (non-hydrogen) atoms. The minimum Gasteiger partial charge on any atom is -0.478 e. The Morgan fingerprint density at radius 3 is 1.00 bits per heavy atom. The smallest absolute Gasteiger partial charge is 0.330 e. The second-order valence-electron chi connectivity index (χ2n) is 6.03. The average molecular weight is 332 g/mol. The van der Waals surface area contributed by atoms with Crippen molar-refractivity contribution in [3.63, 3.8) is 0 Å². The number of aliphatic hydroxyl groups excluding tert-OH is 2. The number of aliphatic hydroxyl groups is 2. The van der Waals surface area contributed by atoms with Crippen molar-refractivity contribution in [3.05, 3.63) is 24.3 Å². The Morgan fingerprint density at radius 2 is 1.00 bits per heavy atom. The zero-order valence-electron chi connectivity index (χ0n) is 15.1. The van der Waals surface area contributed by atoms with Crippen molar-refractivity contribution < 1.29 is 30.0 Å². The molecule has 4 N–H and O–H groups in total. The molecular formula is C17H32O6. The van der Waals surface area contributed by atoms with Crippen LogP contribution in [0.2, 0.25) is 0 Å². The van der Waals surface area contributed by atoms with Crippen LogP contribution in [0.5, 0.6) is 0 Å². The highest BCUT2D eigenvalue weighted by Crippen LogP contribution is 2.34. The van der Waals surface area contributed by atoms with E-state index in [1.807, 2.05) is 27.7 Å². The van der Waals surface area contributed by atoms with E-state index in [4.69, 9.17) is 20.4 Å². The predicted molar refractivity (Wildman–Crippen MR) is 91.2 cm³/mol. The minimum absolute atomic E-state index is 0.0683. The van der Waals surface area contributed by atoms with Gasteiger partial charge in [-0.2, -0.15) is 0 Å². The lowest BCUT2D eigenvalue weighted by Gasteiger charge is -2.37. The third-order valence-electron chi connectivity index (χ3n) is 3.62. The van der Waals surface area contributed by atoms with Crippen LogP contribution in [0.25, 0.3) is 0 Å². The van der Waals surface area contributed by atoms with Gasteiger partial charge in [-0.15, -0.1) is 0 Å². The summed E-state index contributed by atoms with van der Waals surface area (Å²) in [6, 6.07) is 0. The fourth-order valence-corrected chi connectivity index (χ4v) is 1.45. The Balaban J connectivity index is -0.000000284. The van der Waals surface area contributed by atoms with Gasteiger partial charge in [0.2, 0.25) is 0 Å². The maximum atomic E-state index is 9.60. The number of carboxylic acid groups (broad SMARTS) is 2. The molecule has 0 saturated heterocycles. The SMILES string of the molecule is C=C(C)C(=O)O.C=C(C)C(=O)O.CC(C)C(CO)(CO)C(C)C. The van der Waals surface area contributed by atoms with Gasteiger partial charge < -0.3 is 20.4 Å². The number of hydrogen-bond donors (Lipinski definition) is 4. The van der Waals surface area contributed by atoms with E-state index in [0.29, 0.717) is 11.8 Å². The first-order valence-corrected chi connectivity index (χ1v) is 7.29. The van der Waals surface area contributed by atoms with E-state index >= 15 is 0 Å². The van der Waals surface area contributed by atoms with Crippen LogP contribution in [0.1, 0.15) is 41.5 Å². The fourth-order valence-electron chi connectivity index (χ4n) is 1.45. The molecule has 136 valence electrons. The first-order chi connectivity index (χ1) is 10.3. The van der Waals surface area contributed by atoms with Crippen molar-refractivity contribution in [2.24, 2.45) is 17.3 Å². The monoisotopic (exact) mass is 332 g/mol. The first kappa shape index (κ1) is 26.2. The van der Waals surface area contributed by atoms with Gasteiger partial charge in [0.1, 0.15) is 0 Å². The number of aliphatic carboxylic acids is 2. The van der Waals surface area contributed by atoms with Gasteiger partial charge in [-0.1, -0.05) is 40.9 Å². The van der Waals surface area contributed by atoms with Crippen molar-refractivity contribution in [1.82, 2.24) is 0 Å². The van der Waals surface area contributed by atoms with E-state index in [9.17, 15) is 9.59 Å². The maximum Gasteiger partial charge on any atom is 0.330 e. The molecule has 6 nitrogen and oxygen atoms in total. The van der Waals surface area contributed by atoms with E-state index in [1.54, 1.807) is 0 Å². The molecule has 0 aromatic rings. The van der Waals surface area contributed by atoms with Gasteiger partial charge in [0, 0.05) is 16.6 Å². The van der Waals surface area contributed by atoms with Gasteiger partial charge >= 0.3 is 11.9 Å². The number of hydrogen-bond acceptors (Lipinski definition) is 4. The van der Waals surface area contributed by atoms with E-state index in [0.717, 1.165) is 0 Å². The van der Waals surface area contributed by atoms with Crippen LogP contribution in [-0.2, 0) is 9.59 Å². The molecule has 0 heterocycles. The van der Waals surface area contributed by atoms with E-state index in [2.05, 4.69) is 13.2 Å². The normalized spacial score (nSPS) is 10.2. The molecule has 0 rings (SSSR count). The molecule has 0 amide bonds. The lowest BCUT2D eigenvalue weighted by atomic mass is 9.70. The molecule has 0 aliphatic carbocycles. The number of carboxylic acids is 2. The molecule has 0 radical (unpaired) electrons. The van der Waals surface area contributed by atoms with Gasteiger partial charge in [0.15, 0.2) is 0 Å². The van der Waals surface area contributed by atoms with Crippen molar-refractivity contribution in [2.45, 2.75) is 41.5 Å². The summed E-state index contributed by atoms with van der Waals surface area (Å²) >= 11 is 0. The van der Waals surface area contributed by atoms with Crippen LogP contribution in [0.4, 0.5) is 0 Å². The summed E-state index contributed by atoms with van der Waals surface area (Å²) in [7, 11) is 0. The molecule has 0 saturated carbocycles. The Bertz CT molecular complexity index is 334. The second kappa shape index (κ2) is 12.8. The van der Waals surface area contributed by atoms with Crippen molar-refractivity contribution in [1.29, 1.82) is 0 Å². The van der Waals surface area contributed by atoms with Gasteiger partial charge in [-0.25, -0.2) is 9.59 Å². The molecule has 0 spiro atoms. The Kier molecular flexibility index (Phi) is 14.7. The zero-order chi connectivity index (χ0) is 19.4. The second-order valence-corrected chi connectivity index (χ2v) is 6.03. The zero-order valence-corrected chi connectivity index (χ0v) is 15.1. The fraction of sp³-hybridized carbons (Fsp3) is 0.647. The summed E-state index contributed by atoms with van der Waals surface area (Å²) in [4.78, 5) is 19.2. The highest BCUT2D eigenvalue weighted by Gasteiger charge is 2.35. The maximum absolute atomic E-state index is 9.60. The van der Waals surface area contributed by atoms with Crippen LogP contribution in [0.3, 0.4) is 0 Å². The van der Waals surface area contributed by atoms with E-state index in [1.165, 1.54) is 13.8 Å². The lowest BCUT2D eigenvalue weighted by Crippen LogP contribution is -2.40. The Labute approximate surface area is 139 Å². The number of carbonyl (C=O) groups is 2. The molecule has 0 aliphatic heterocycles. The largest absolute Gasteiger partial charge is 0.478 e. The molecule has 0 aromatic heterocycles.